The molecule has 12 heteroatoms. The van der Waals surface area contributed by atoms with E-state index in [1.165, 1.54) is 11.3 Å². The molecule has 0 saturated carbocycles. The van der Waals surface area contributed by atoms with Crippen LogP contribution < -0.4 is 14.8 Å². The van der Waals surface area contributed by atoms with Crippen LogP contribution >= 0.6 is 11.3 Å². The zero-order valence-corrected chi connectivity index (χ0v) is 27.4. The van der Waals surface area contributed by atoms with Gasteiger partial charge in [-0.1, -0.05) is 42.5 Å². The molecule has 3 heterocycles. The quantitative estimate of drug-likeness (QED) is 0.115. The molecule has 0 fully saturated rings. The summed E-state index contributed by atoms with van der Waals surface area (Å²) in [6, 6.07) is 27.1. The Hall–Kier alpha value is -5.62. The lowest BCUT2D eigenvalue weighted by atomic mass is 9.86. The maximum atomic E-state index is 14.1. The highest BCUT2D eigenvalue weighted by Crippen LogP contribution is 2.38. The molecule has 0 saturated heterocycles. The van der Waals surface area contributed by atoms with E-state index in [2.05, 4.69) is 5.32 Å². The van der Waals surface area contributed by atoms with Gasteiger partial charge in [0, 0.05) is 40.1 Å². The molecule has 2 unspecified atom stereocenters. The van der Waals surface area contributed by atoms with Gasteiger partial charge in [0.2, 0.25) is 12.7 Å². The van der Waals surface area contributed by atoms with Crippen molar-refractivity contribution in [3.8, 4) is 11.5 Å². The van der Waals surface area contributed by atoms with Crippen molar-refractivity contribution >= 4 is 50.9 Å². The first-order chi connectivity index (χ1) is 23.6. The Bertz CT molecular complexity index is 1950. The maximum absolute atomic E-state index is 14.1. The second-order valence-corrected chi connectivity index (χ2v) is 13.0. The van der Waals surface area contributed by atoms with E-state index < -0.39 is 54.5 Å². The minimum absolute atomic E-state index is 0.0772. The Morgan fingerprint density at radius 3 is 2.39 bits per heavy atom. The standard InChI is InChI=1S/C37H34N2O9S/c1-22(39(34(40)17-25(37(44)45)18-35(41)42)20-28-15-24-7-5-6-10-33(24)49-28)29(23-11-13-30-32(16-23)47-21-46-30)19-27-12-14-31(48-27)36(43)38-26-8-3-2-4-9-26/h2-16,22,25,29H,17-21H2,1H3,(H,38,43)(H,41,42)(H,44,45)/t22?,25?,29-/m0/s1. The Kier molecular flexibility index (Phi) is 9.95. The van der Waals surface area contributed by atoms with Crippen LogP contribution in [0.25, 0.3) is 10.1 Å². The van der Waals surface area contributed by atoms with Crippen LogP contribution in [0.2, 0.25) is 0 Å². The molecular weight excluding hydrogens is 648 g/mol. The van der Waals surface area contributed by atoms with E-state index in [4.69, 9.17) is 13.9 Å². The molecule has 3 aromatic carbocycles. The first-order valence-electron chi connectivity index (χ1n) is 15.7. The number of carboxylic acids is 2. The molecule has 6 rings (SSSR count). The highest BCUT2D eigenvalue weighted by atomic mass is 32.1. The fourth-order valence-electron chi connectivity index (χ4n) is 6.00. The molecule has 11 nitrogen and oxygen atoms in total. The zero-order valence-electron chi connectivity index (χ0n) is 26.5. The number of rotatable bonds is 14. The van der Waals surface area contributed by atoms with Crippen LogP contribution in [0.1, 0.15) is 52.4 Å². The van der Waals surface area contributed by atoms with Crippen molar-refractivity contribution in [2.75, 3.05) is 12.1 Å². The Morgan fingerprint density at radius 2 is 1.63 bits per heavy atom. The van der Waals surface area contributed by atoms with Gasteiger partial charge in [-0.25, -0.2) is 0 Å². The fraction of sp³-hybridized carbons (Fsp3) is 0.243. The summed E-state index contributed by atoms with van der Waals surface area (Å²) in [6.07, 6.45) is -0.902. The number of thiophene rings is 1. The molecule has 2 amide bonds. The molecule has 49 heavy (non-hydrogen) atoms. The molecule has 0 radical (unpaired) electrons. The third kappa shape index (κ3) is 7.92. The summed E-state index contributed by atoms with van der Waals surface area (Å²) in [7, 11) is 0. The van der Waals surface area contributed by atoms with E-state index in [1.807, 2.05) is 67.6 Å². The summed E-state index contributed by atoms with van der Waals surface area (Å²) in [6.45, 7) is 2.12. The smallest absolute Gasteiger partial charge is 0.307 e. The van der Waals surface area contributed by atoms with Crippen LogP contribution in [0.3, 0.4) is 0 Å². The van der Waals surface area contributed by atoms with Gasteiger partial charge in [-0.2, -0.15) is 0 Å². The monoisotopic (exact) mass is 682 g/mol. The minimum Gasteiger partial charge on any atom is -0.481 e. The van der Waals surface area contributed by atoms with Crippen LogP contribution in [0.5, 0.6) is 11.5 Å². The summed E-state index contributed by atoms with van der Waals surface area (Å²) in [5.41, 5.74) is 1.42. The number of amides is 2. The Labute approximate surface area is 285 Å². The van der Waals surface area contributed by atoms with Crippen molar-refractivity contribution < 1.29 is 43.3 Å². The highest BCUT2D eigenvalue weighted by Gasteiger charge is 2.34. The number of furan rings is 1. The summed E-state index contributed by atoms with van der Waals surface area (Å²) in [5.74, 6) is -3.63. The number of ether oxygens (including phenoxy) is 2. The number of fused-ring (bicyclic) bond motifs is 2. The van der Waals surface area contributed by atoms with Gasteiger partial charge in [-0.15, -0.1) is 11.3 Å². The van der Waals surface area contributed by atoms with Gasteiger partial charge in [0.15, 0.2) is 17.3 Å². The lowest BCUT2D eigenvalue weighted by Gasteiger charge is -2.35. The van der Waals surface area contributed by atoms with Crippen LogP contribution in [0.15, 0.2) is 95.4 Å². The second-order valence-electron chi connectivity index (χ2n) is 11.9. The number of nitrogens with one attached hydrogen (secondary N) is 1. The highest BCUT2D eigenvalue weighted by molar-refractivity contribution is 7.19. The molecule has 3 N–H and O–H groups in total. The molecule has 2 aromatic heterocycles. The first-order valence-corrected chi connectivity index (χ1v) is 16.5. The SMILES string of the molecule is CC([C@H](Cc1ccc(C(=O)Nc2ccccc2)o1)c1ccc2c(c1)OCO2)N(Cc1cc2ccccc2s1)C(=O)CC(CC(=O)O)C(=O)O. The molecule has 3 atom stereocenters. The fourth-order valence-corrected chi connectivity index (χ4v) is 7.06. The van der Waals surface area contributed by atoms with E-state index in [9.17, 15) is 29.4 Å². The molecule has 1 aliphatic heterocycles. The average Bonchev–Trinajstić information content (AvgIpc) is 3.85. The molecule has 1 aliphatic rings. The Morgan fingerprint density at radius 1 is 0.878 bits per heavy atom. The van der Waals surface area contributed by atoms with Crippen molar-refractivity contribution in [2.45, 2.75) is 44.7 Å². The molecule has 0 bridgehead atoms. The summed E-state index contributed by atoms with van der Waals surface area (Å²) >= 11 is 1.53. The topological polar surface area (TPSA) is 156 Å². The number of carbonyl (C=O) groups excluding carboxylic acids is 2. The number of nitrogens with zero attached hydrogens (tertiary/aromatic N) is 1. The molecule has 252 valence electrons. The Balaban J connectivity index is 1.34. The summed E-state index contributed by atoms with van der Waals surface area (Å²) in [4.78, 5) is 53.1. The third-order valence-electron chi connectivity index (χ3n) is 8.55. The van der Waals surface area contributed by atoms with E-state index >= 15 is 0 Å². The number of hydrogen-bond donors (Lipinski definition) is 3. The van der Waals surface area contributed by atoms with Gasteiger partial charge < -0.3 is 34.3 Å². The number of para-hydroxylation sites is 1. The maximum Gasteiger partial charge on any atom is 0.307 e. The normalized spacial score (nSPS) is 13.8. The number of carboxylic acid groups (broad SMARTS) is 2. The van der Waals surface area contributed by atoms with Gasteiger partial charge in [-0.05, 0) is 66.4 Å². The van der Waals surface area contributed by atoms with Crippen molar-refractivity contribution in [2.24, 2.45) is 5.92 Å². The van der Waals surface area contributed by atoms with Crippen molar-refractivity contribution in [3.63, 3.8) is 0 Å². The number of anilines is 1. The van der Waals surface area contributed by atoms with Gasteiger partial charge >= 0.3 is 11.9 Å². The predicted octanol–water partition coefficient (Wildman–Crippen LogP) is 6.78. The van der Waals surface area contributed by atoms with E-state index in [-0.39, 0.29) is 25.5 Å². The summed E-state index contributed by atoms with van der Waals surface area (Å²) < 4.78 is 18.3. The van der Waals surface area contributed by atoms with Crippen LogP contribution in [0, 0.1) is 5.92 Å². The van der Waals surface area contributed by atoms with E-state index in [0.717, 1.165) is 20.5 Å². The van der Waals surface area contributed by atoms with Gasteiger partial charge in [0.1, 0.15) is 5.76 Å². The van der Waals surface area contributed by atoms with Crippen molar-refractivity contribution in [1.29, 1.82) is 0 Å². The van der Waals surface area contributed by atoms with Crippen LogP contribution in [0.4, 0.5) is 5.69 Å². The van der Waals surface area contributed by atoms with Crippen molar-refractivity contribution in [3.05, 3.63) is 113 Å². The van der Waals surface area contributed by atoms with Crippen LogP contribution in [-0.4, -0.2) is 51.7 Å². The third-order valence-corrected chi connectivity index (χ3v) is 9.65. The summed E-state index contributed by atoms with van der Waals surface area (Å²) in [5, 5.41) is 23.0. The molecule has 0 spiro atoms. The zero-order chi connectivity index (χ0) is 34.5. The van der Waals surface area contributed by atoms with Gasteiger partial charge in [0.25, 0.3) is 5.91 Å². The van der Waals surface area contributed by atoms with E-state index in [0.29, 0.717) is 22.9 Å². The van der Waals surface area contributed by atoms with Crippen molar-refractivity contribution in [1.82, 2.24) is 4.90 Å². The van der Waals surface area contributed by atoms with Crippen LogP contribution in [-0.2, 0) is 27.3 Å². The number of carbonyl (C=O) groups is 4. The number of aliphatic carboxylic acids is 2. The van der Waals surface area contributed by atoms with Gasteiger partial charge in [-0.3, -0.25) is 19.2 Å². The predicted molar refractivity (Wildman–Crippen MR) is 182 cm³/mol. The minimum atomic E-state index is -1.40. The lowest BCUT2D eigenvalue weighted by molar-refractivity contribution is -0.151. The number of hydrogen-bond acceptors (Lipinski definition) is 8. The van der Waals surface area contributed by atoms with E-state index in [1.54, 1.807) is 35.2 Å². The second kappa shape index (κ2) is 14.7. The largest absolute Gasteiger partial charge is 0.481 e. The van der Waals surface area contributed by atoms with Gasteiger partial charge in [0.05, 0.1) is 18.9 Å². The lowest BCUT2D eigenvalue weighted by Crippen LogP contribution is -2.43. The molecular formula is C37H34N2O9S. The average molecular weight is 683 g/mol. The molecule has 0 aliphatic carbocycles. The molecule has 5 aromatic rings. The first kappa shape index (κ1) is 33.3. The number of benzene rings is 3.